The molecule has 88 valence electrons. The molecule has 1 aliphatic carbocycles. The largest absolute Gasteiger partial charge is 0.369 e. The van der Waals surface area contributed by atoms with E-state index in [1.165, 1.54) is 0 Å². The van der Waals surface area contributed by atoms with E-state index in [-0.39, 0.29) is 24.7 Å². The Balaban J connectivity index is 2.46. The van der Waals surface area contributed by atoms with Crippen LogP contribution in [-0.2, 0) is 4.79 Å². The van der Waals surface area contributed by atoms with Crippen molar-refractivity contribution in [2.24, 2.45) is 17.1 Å². The molecule has 0 saturated heterocycles. The quantitative estimate of drug-likeness (QED) is 0.779. The van der Waals surface area contributed by atoms with Crippen LogP contribution in [0, 0.1) is 11.3 Å². The highest BCUT2D eigenvalue weighted by molar-refractivity contribution is 5.79. The molecule has 15 heavy (non-hydrogen) atoms. The molecular weight excluding hydrogens is 200 g/mol. The molecule has 0 unspecified atom stereocenters. The number of primary amides is 1. The first-order chi connectivity index (χ1) is 6.73. The molecular formula is C11H19F2NO. The van der Waals surface area contributed by atoms with Crippen LogP contribution >= 0.6 is 0 Å². The van der Waals surface area contributed by atoms with Crippen molar-refractivity contribution in [2.45, 2.75) is 51.9 Å². The van der Waals surface area contributed by atoms with Gasteiger partial charge in [-0.05, 0) is 25.2 Å². The first-order valence-corrected chi connectivity index (χ1v) is 5.41. The van der Waals surface area contributed by atoms with Gasteiger partial charge in [0.25, 0.3) is 0 Å². The third-order valence-corrected chi connectivity index (χ3v) is 3.30. The van der Waals surface area contributed by atoms with Crippen molar-refractivity contribution in [3.05, 3.63) is 0 Å². The van der Waals surface area contributed by atoms with Crippen LogP contribution < -0.4 is 5.73 Å². The molecule has 0 aromatic carbocycles. The summed E-state index contributed by atoms with van der Waals surface area (Å²) in [6.45, 7) is 3.56. The maximum absolute atomic E-state index is 12.9. The van der Waals surface area contributed by atoms with Crippen molar-refractivity contribution in [2.75, 3.05) is 0 Å². The molecule has 1 fully saturated rings. The summed E-state index contributed by atoms with van der Waals surface area (Å²) in [5.41, 5.74) is 4.68. The lowest BCUT2D eigenvalue weighted by Crippen LogP contribution is -2.35. The lowest BCUT2D eigenvalue weighted by atomic mass is 9.75. The van der Waals surface area contributed by atoms with Crippen molar-refractivity contribution >= 4 is 5.91 Å². The molecule has 0 radical (unpaired) electrons. The average Bonchev–Trinajstić information content (AvgIpc) is 2.08. The molecule has 1 rings (SSSR count). The summed E-state index contributed by atoms with van der Waals surface area (Å²) in [7, 11) is 0. The van der Waals surface area contributed by atoms with Gasteiger partial charge in [0.05, 0.1) is 0 Å². The fourth-order valence-corrected chi connectivity index (χ4v) is 2.13. The van der Waals surface area contributed by atoms with E-state index in [9.17, 15) is 13.6 Å². The fourth-order valence-electron chi connectivity index (χ4n) is 2.13. The second kappa shape index (κ2) is 4.06. The Hall–Kier alpha value is -0.670. The molecule has 1 aliphatic rings. The van der Waals surface area contributed by atoms with Gasteiger partial charge in [-0.15, -0.1) is 0 Å². The Kier molecular flexibility index (Phi) is 3.36. The van der Waals surface area contributed by atoms with Crippen LogP contribution in [0.5, 0.6) is 0 Å². The van der Waals surface area contributed by atoms with E-state index in [1.54, 1.807) is 13.8 Å². The van der Waals surface area contributed by atoms with Crippen LogP contribution in [0.3, 0.4) is 0 Å². The molecule has 2 N–H and O–H groups in total. The molecule has 0 heterocycles. The molecule has 0 aromatic rings. The Labute approximate surface area is 89.2 Å². The predicted molar refractivity (Wildman–Crippen MR) is 54.5 cm³/mol. The van der Waals surface area contributed by atoms with Gasteiger partial charge in [-0.2, -0.15) is 0 Å². The molecule has 0 atom stereocenters. The predicted octanol–water partition coefficient (Wildman–Crippen LogP) is 2.71. The number of halogens is 2. The van der Waals surface area contributed by atoms with E-state index in [0.717, 1.165) is 0 Å². The number of rotatable bonds is 3. The molecule has 0 aromatic heterocycles. The Bertz CT molecular complexity index is 241. The van der Waals surface area contributed by atoms with E-state index in [0.29, 0.717) is 19.3 Å². The van der Waals surface area contributed by atoms with Crippen LogP contribution in [0.1, 0.15) is 46.0 Å². The summed E-state index contributed by atoms with van der Waals surface area (Å²) in [5, 5.41) is 0. The average molecular weight is 219 g/mol. The number of carbonyl (C=O) groups is 1. The summed E-state index contributed by atoms with van der Waals surface area (Å²) in [4.78, 5) is 11.1. The van der Waals surface area contributed by atoms with Crippen molar-refractivity contribution in [3.63, 3.8) is 0 Å². The molecule has 0 aliphatic heterocycles. The Morgan fingerprint density at radius 1 is 1.40 bits per heavy atom. The standard InChI is InChI=1S/C11H19F2NO/c1-10(2,9(14)15)7-8-3-5-11(12,13)6-4-8/h8H,3-7H2,1-2H3,(H2,14,15). The van der Waals surface area contributed by atoms with Crippen molar-refractivity contribution in [1.29, 1.82) is 0 Å². The topological polar surface area (TPSA) is 43.1 Å². The van der Waals surface area contributed by atoms with E-state index in [4.69, 9.17) is 5.73 Å². The SMILES string of the molecule is CC(C)(CC1CCC(F)(F)CC1)C(N)=O. The number of carbonyl (C=O) groups excluding carboxylic acids is 1. The van der Waals surface area contributed by atoms with Crippen LogP contribution in [0.15, 0.2) is 0 Å². The fraction of sp³-hybridized carbons (Fsp3) is 0.909. The minimum atomic E-state index is -2.49. The van der Waals surface area contributed by atoms with Crippen LogP contribution in [0.2, 0.25) is 0 Å². The zero-order valence-electron chi connectivity index (χ0n) is 9.35. The monoisotopic (exact) mass is 219 g/mol. The highest BCUT2D eigenvalue weighted by atomic mass is 19.3. The summed E-state index contributed by atoms with van der Waals surface area (Å²) < 4.78 is 25.8. The Morgan fingerprint density at radius 2 is 1.87 bits per heavy atom. The van der Waals surface area contributed by atoms with Crippen LogP contribution in [0.4, 0.5) is 8.78 Å². The van der Waals surface area contributed by atoms with Gasteiger partial charge in [0.1, 0.15) is 0 Å². The normalized spacial score (nSPS) is 22.7. The second-order valence-electron chi connectivity index (χ2n) is 5.25. The van der Waals surface area contributed by atoms with E-state index >= 15 is 0 Å². The zero-order valence-corrected chi connectivity index (χ0v) is 9.35. The van der Waals surface area contributed by atoms with Crippen molar-refractivity contribution in [3.8, 4) is 0 Å². The van der Waals surface area contributed by atoms with Gasteiger partial charge in [-0.25, -0.2) is 8.78 Å². The summed E-state index contributed by atoms with van der Waals surface area (Å²) in [6.07, 6.45) is 1.53. The van der Waals surface area contributed by atoms with E-state index < -0.39 is 11.3 Å². The molecule has 4 heteroatoms. The summed E-state index contributed by atoms with van der Waals surface area (Å²) in [5.74, 6) is -2.63. The van der Waals surface area contributed by atoms with Crippen molar-refractivity contribution < 1.29 is 13.6 Å². The third-order valence-electron chi connectivity index (χ3n) is 3.30. The zero-order chi connectivity index (χ0) is 11.7. The molecule has 0 bridgehead atoms. The van der Waals surface area contributed by atoms with Gasteiger partial charge in [-0.1, -0.05) is 13.8 Å². The number of hydrogen-bond donors (Lipinski definition) is 1. The highest BCUT2D eigenvalue weighted by Crippen LogP contribution is 2.40. The number of nitrogens with two attached hydrogens (primary N) is 1. The highest BCUT2D eigenvalue weighted by Gasteiger charge is 2.37. The second-order valence-corrected chi connectivity index (χ2v) is 5.25. The number of amides is 1. The molecule has 2 nitrogen and oxygen atoms in total. The third kappa shape index (κ3) is 3.43. The minimum absolute atomic E-state index is 0.0491. The van der Waals surface area contributed by atoms with Gasteiger partial charge >= 0.3 is 0 Å². The maximum Gasteiger partial charge on any atom is 0.248 e. The Morgan fingerprint density at radius 3 is 2.27 bits per heavy atom. The van der Waals surface area contributed by atoms with Gasteiger partial charge in [0, 0.05) is 18.3 Å². The number of hydrogen-bond acceptors (Lipinski definition) is 1. The first-order valence-electron chi connectivity index (χ1n) is 5.41. The van der Waals surface area contributed by atoms with Crippen molar-refractivity contribution in [1.82, 2.24) is 0 Å². The van der Waals surface area contributed by atoms with E-state index in [1.807, 2.05) is 0 Å². The molecule has 0 spiro atoms. The van der Waals surface area contributed by atoms with Crippen LogP contribution in [-0.4, -0.2) is 11.8 Å². The smallest absolute Gasteiger partial charge is 0.248 e. The van der Waals surface area contributed by atoms with Gasteiger partial charge in [0.15, 0.2) is 0 Å². The van der Waals surface area contributed by atoms with E-state index in [2.05, 4.69) is 0 Å². The molecule has 1 amide bonds. The van der Waals surface area contributed by atoms with Gasteiger partial charge < -0.3 is 5.73 Å². The summed E-state index contributed by atoms with van der Waals surface area (Å²) >= 11 is 0. The maximum atomic E-state index is 12.9. The van der Waals surface area contributed by atoms with Crippen LogP contribution in [0.25, 0.3) is 0 Å². The summed E-state index contributed by atoms with van der Waals surface area (Å²) in [6, 6.07) is 0. The lowest BCUT2D eigenvalue weighted by Gasteiger charge is -2.32. The van der Waals surface area contributed by atoms with Gasteiger partial charge in [-0.3, -0.25) is 4.79 Å². The first kappa shape index (κ1) is 12.4. The number of alkyl halides is 2. The molecule has 1 saturated carbocycles. The van der Waals surface area contributed by atoms with Gasteiger partial charge in [0.2, 0.25) is 11.8 Å². The minimum Gasteiger partial charge on any atom is -0.369 e. The lowest BCUT2D eigenvalue weighted by molar-refractivity contribution is -0.127.